The Labute approximate surface area is 95.5 Å². The molecule has 0 bridgehead atoms. The minimum Gasteiger partial charge on any atom is -0.0616 e. The van der Waals surface area contributed by atoms with Gasteiger partial charge in [-0.2, -0.15) is 0 Å². The average molecular weight is 206 g/mol. The SMILES string of the molecule is Cc1cc(C)c2ccc3ccccc(c1)c32. The molecule has 0 radical (unpaired) electrons. The predicted molar refractivity (Wildman–Crippen MR) is 70.9 cm³/mol. The first-order valence-electron chi connectivity index (χ1n) is 5.64. The minimum absolute atomic E-state index is 1.32. The molecule has 0 aliphatic carbocycles. The largest absolute Gasteiger partial charge is 0.0616 e. The molecule has 0 aliphatic heterocycles. The Kier molecular flexibility index (Phi) is 1.97. The van der Waals surface area contributed by atoms with Crippen molar-refractivity contribution in [2.24, 2.45) is 0 Å². The van der Waals surface area contributed by atoms with Crippen LogP contribution in [0.15, 0.2) is 48.5 Å². The van der Waals surface area contributed by atoms with Crippen LogP contribution in [0.3, 0.4) is 0 Å². The van der Waals surface area contributed by atoms with Crippen molar-refractivity contribution in [2.75, 3.05) is 0 Å². The van der Waals surface area contributed by atoms with Crippen LogP contribution in [-0.2, 0) is 0 Å². The highest BCUT2D eigenvalue weighted by molar-refractivity contribution is 6.11. The van der Waals surface area contributed by atoms with Gasteiger partial charge in [-0.3, -0.25) is 0 Å². The number of rotatable bonds is 0. The Morgan fingerprint density at radius 2 is 1.50 bits per heavy atom. The molecule has 78 valence electrons. The maximum Gasteiger partial charge on any atom is -0.00361 e. The van der Waals surface area contributed by atoms with Crippen LogP contribution in [0.1, 0.15) is 11.1 Å². The summed E-state index contributed by atoms with van der Waals surface area (Å²) in [7, 11) is 0. The Bertz CT molecular complexity index is 678. The standard InChI is InChI=1S/C16H14/c1-11-9-12(2)15-8-7-13-5-3-4-6-14(10-11)16(13)15/h3-10H,1-2H3. The highest BCUT2D eigenvalue weighted by Crippen LogP contribution is 2.29. The van der Waals surface area contributed by atoms with E-state index in [0.29, 0.717) is 0 Å². The van der Waals surface area contributed by atoms with Gasteiger partial charge in [0.1, 0.15) is 0 Å². The summed E-state index contributed by atoms with van der Waals surface area (Å²) in [5.74, 6) is 0. The van der Waals surface area contributed by atoms with Gasteiger partial charge in [0, 0.05) is 0 Å². The molecule has 0 spiro atoms. The highest BCUT2D eigenvalue weighted by Gasteiger charge is 2.03. The molecule has 3 rings (SSSR count). The van der Waals surface area contributed by atoms with Gasteiger partial charge < -0.3 is 0 Å². The van der Waals surface area contributed by atoms with Gasteiger partial charge in [-0.15, -0.1) is 0 Å². The molecule has 0 aromatic heterocycles. The topological polar surface area (TPSA) is 0 Å². The van der Waals surface area contributed by atoms with Crippen LogP contribution >= 0.6 is 0 Å². The minimum atomic E-state index is 1.32. The van der Waals surface area contributed by atoms with Crippen LogP contribution < -0.4 is 0 Å². The van der Waals surface area contributed by atoms with Crippen LogP contribution in [0.4, 0.5) is 0 Å². The molecule has 0 unspecified atom stereocenters. The van der Waals surface area contributed by atoms with E-state index in [1.807, 2.05) is 0 Å². The van der Waals surface area contributed by atoms with Crippen LogP contribution in [0.2, 0.25) is 0 Å². The van der Waals surface area contributed by atoms with Crippen LogP contribution in [0.25, 0.3) is 21.5 Å². The van der Waals surface area contributed by atoms with E-state index in [1.165, 1.54) is 32.7 Å². The van der Waals surface area contributed by atoms with Gasteiger partial charge >= 0.3 is 0 Å². The molecule has 0 heterocycles. The van der Waals surface area contributed by atoms with E-state index in [0.717, 1.165) is 0 Å². The van der Waals surface area contributed by atoms with Crippen LogP contribution in [0, 0.1) is 13.8 Å². The fourth-order valence-electron chi connectivity index (χ4n) is 2.51. The lowest BCUT2D eigenvalue weighted by Crippen LogP contribution is -1.66. The van der Waals surface area contributed by atoms with Crippen molar-refractivity contribution in [3.8, 4) is 0 Å². The smallest absolute Gasteiger partial charge is 0.00361 e. The summed E-state index contributed by atoms with van der Waals surface area (Å²) in [5.41, 5.74) is 2.68. The lowest BCUT2D eigenvalue weighted by molar-refractivity contribution is 1.46. The molecule has 16 heavy (non-hydrogen) atoms. The number of aryl methyl sites for hydroxylation is 2. The van der Waals surface area contributed by atoms with Gasteiger partial charge in [-0.1, -0.05) is 54.1 Å². The van der Waals surface area contributed by atoms with Gasteiger partial charge in [0.2, 0.25) is 0 Å². The summed E-state index contributed by atoms with van der Waals surface area (Å²) in [5, 5.41) is 5.41. The Morgan fingerprint density at radius 1 is 0.750 bits per heavy atom. The van der Waals surface area contributed by atoms with E-state index in [2.05, 4.69) is 62.4 Å². The zero-order chi connectivity index (χ0) is 11.1. The highest BCUT2D eigenvalue weighted by atomic mass is 14.1. The van der Waals surface area contributed by atoms with Crippen molar-refractivity contribution in [1.29, 1.82) is 0 Å². The van der Waals surface area contributed by atoms with Crippen molar-refractivity contribution >= 4 is 21.5 Å². The molecule has 0 aliphatic rings. The third-order valence-corrected chi connectivity index (χ3v) is 3.19. The molecule has 0 amide bonds. The first-order valence-corrected chi connectivity index (χ1v) is 5.64. The number of hydrogen-bond donors (Lipinski definition) is 0. The summed E-state index contributed by atoms with van der Waals surface area (Å²) in [4.78, 5) is 0. The van der Waals surface area contributed by atoms with E-state index >= 15 is 0 Å². The van der Waals surface area contributed by atoms with E-state index < -0.39 is 0 Å². The maximum atomic E-state index is 2.27. The molecular formula is C16H14. The van der Waals surface area contributed by atoms with Gasteiger partial charge in [0.25, 0.3) is 0 Å². The van der Waals surface area contributed by atoms with Crippen molar-refractivity contribution < 1.29 is 0 Å². The molecular weight excluding hydrogens is 192 g/mol. The van der Waals surface area contributed by atoms with Crippen molar-refractivity contribution in [2.45, 2.75) is 13.8 Å². The first kappa shape index (κ1) is 9.41. The summed E-state index contributed by atoms with van der Waals surface area (Å²) in [6, 6.07) is 17.6. The van der Waals surface area contributed by atoms with Gasteiger partial charge in [0.15, 0.2) is 0 Å². The molecule has 0 saturated heterocycles. The van der Waals surface area contributed by atoms with Crippen molar-refractivity contribution in [1.82, 2.24) is 0 Å². The molecule has 3 aromatic rings. The molecule has 0 fully saturated rings. The lowest BCUT2D eigenvalue weighted by atomic mass is 10.1. The molecule has 0 nitrogen and oxygen atoms in total. The summed E-state index contributed by atoms with van der Waals surface area (Å²) in [6.45, 7) is 4.35. The van der Waals surface area contributed by atoms with E-state index in [4.69, 9.17) is 0 Å². The second-order valence-corrected chi connectivity index (χ2v) is 4.47. The van der Waals surface area contributed by atoms with E-state index in [9.17, 15) is 0 Å². The fraction of sp³-hybridized carbons (Fsp3) is 0.125. The third kappa shape index (κ3) is 1.30. The summed E-state index contributed by atoms with van der Waals surface area (Å²) < 4.78 is 0. The van der Waals surface area contributed by atoms with Gasteiger partial charge in [-0.25, -0.2) is 0 Å². The molecule has 0 saturated carbocycles. The maximum absolute atomic E-state index is 2.27. The summed E-state index contributed by atoms with van der Waals surface area (Å²) >= 11 is 0. The van der Waals surface area contributed by atoms with Crippen LogP contribution in [-0.4, -0.2) is 0 Å². The average Bonchev–Trinajstić information content (AvgIpc) is 2.51. The molecule has 0 heteroatoms. The fourth-order valence-corrected chi connectivity index (χ4v) is 2.51. The first-order chi connectivity index (χ1) is 7.75. The Hall–Kier alpha value is -1.82. The van der Waals surface area contributed by atoms with E-state index in [1.54, 1.807) is 0 Å². The zero-order valence-corrected chi connectivity index (χ0v) is 9.62. The Morgan fingerprint density at radius 3 is 2.31 bits per heavy atom. The van der Waals surface area contributed by atoms with Crippen molar-refractivity contribution in [3.05, 3.63) is 59.7 Å². The predicted octanol–water partition coefficient (Wildman–Crippen LogP) is 4.61. The zero-order valence-electron chi connectivity index (χ0n) is 9.62. The monoisotopic (exact) mass is 206 g/mol. The normalized spacial score (nSPS) is 11.1. The molecule has 0 atom stereocenters. The van der Waals surface area contributed by atoms with Crippen LogP contribution in [0.5, 0.6) is 0 Å². The van der Waals surface area contributed by atoms with Crippen molar-refractivity contribution in [3.63, 3.8) is 0 Å². The number of hydrogen-bond acceptors (Lipinski definition) is 0. The molecule has 3 aromatic carbocycles. The second kappa shape index (κ2) is 3.34. The second-order valence-electron chi connectivity index (χ2n) is 4.47. The van der Waals surface area contributed by atoms with E-state index in [-0.39, 0.29) is 0 Å². The van der Waals surface area contributed by atoms with Gasteiger partial charge in [-0.05, 0) is 41.0 Å². The van der Waals surface area contributed by atoms with Gasteiger partial charge in [0.05, 0.1) is 0 Å². The quantitative estimate of drug-likeness (QED) is 0.504. The molecule has 0 N–H and O–H groups in total. The Balaban J connectivity index is 2.73. The summed E-state index contributed by atoms with van der Waals surface area (Å²) in [6.07, 6.45) is 0. The third-order valence-electron chi connectivity index (χ3n) is 3.19. The lowest BCUT2D eigenvalue weighted by Gasteiger charge is -1.89.